The van der Waals surface area contributed by atoms with Gasteiger partial charge in [0, 0.05) is 16.7 Å². The summed E-state index contributed by atoms with van der Waals surface area (Å²) in [6.07, 6.45) is -1.12. The van der Waals surface area contributed by atoms with Gasteiger partial charge in [-0.05, 0) is 62.2 Å². The highest BCUT2D eigenvalue weighted by Gasteiger charge is 2.15. The first-order valence-electron chi connectivity index (χ1n) is 11.7. The van der Waals surface area contributed by atoms with E-state index in [2.05, 4.69) is 19.7 Å². The Hall–Kier alpha value is -4.21. The van der Waals surface area contributed by atoms with Crippen molar-refractivity contribution in [3.63, 3.8) is 0 Å². The predicted octanol–water partition coefficient (Wildman–Crippen LogP) is 4.40. The van der Waals surface area contributed by atoms with Crippen LogP contribution in [0, 0.1) is 0 Å². The number of aliphatic hydroxyl groups excluding tert-OH is 1. The first-order valence-corrected chi connectivity index (χ1v) is 11.7. The Labute approximate surface area is 221 Å². The van der Waals surface area contributed by atoms with E-state index in [-0.39, 0.29) is 43.1 Å². The van der Waals surface area contributed by atoms with Crippen molar-refractivity contribution in [2.75, 3.05) is 26.4 Å². The summed E-state index contributed by atoms with van der Waals surface area (Å²) in [6.45, 7) is 15.3. The van der Waals surface area contributed by atoms with Crippen LogP contribution in [-0.2, 0) is 23.8 Å². The third-order valence-electron chi connectivity index (χ3n) is 4.88. The Morgan fingerprint density at radius 1 is 0.816 bits per heavy atom. The standard InChI is InChI=1S/C29H32O9/c1-18(2)26(30)35-14-13-34-25-17-22(29(33)37-16-15-36-27(31)19(3)4)9-12-24(25)21-7-10-23(11-8-21)38-28(32)20(5)6/h7-12,17,26,30H,1,3,5,13-16H2,2,4,6H3. The lowest BCUT2D eigenvalue weighted by molar-refractivity contribution is -0.140. The normalized spacial score (nSPS) is 11.2. The maximum absolute atomic E-state index is 12.6. The van der Waals surface area contributed by atoms with Gasteiger partial charge in [0.05, 0.1) is 12.2 Å². The maximum Gasteiger partial charge on any atom is 0.338 e. The molecule has 0 saturated heterocycles. The lowest BCUT2D eigenvalue weighted by atomic mass is 10.0. The molecule has 0 saturated carbocycles. The number of aliphatic hydroxyl groups is 1. The molecule has 1 atom stereocenters. The molecular formula is C29H32O9. The molecule has 0 heterocycles. The zero-order valence-corrected chi connectivity index (χ0v) is 21.8. The lowest BCUT2D eigenvalue weighted by Gasteiger charge is -2.16. The largest absolute Gasteiger partial charge is 0.491 e. The summed E-state index contributed by atoms with van der Waals surface area (Å²) in [5.74, 6) is -1.03. The number of ether oxygens (including phenoxy) is 5. The number of rotatable bonds is 14. The fourth-order valence-electron chi connectivity index (χ4n) is 2.83. The van der Waals surface area contributed by atoms with Gasteiger partial charge < -0.3 is 28.8 Å². The molecule has 9 nitrogen and oxygen atoms in total. The van der Waals surface area contributed by atoms with Crippen molar-refractivity contribution < 1.29 is 43.2 Å². The van der Waals surface area contributed by atoms with Crippen LogP contribution in [0.1, 0.15) is 31.1 Å². The van der Waals surface area contributed by atoms with Crippen molar-refractivity contribution in [3.05, 3.63) is 84.5 Å². The molecule has 2 aromatic carbocycles. The van der Waals surface area contributed by atoms with E-state index in [0.29, 0.717) is 22.6 Å². The predicted molar refractivity (Wildman–Crippen MR) is 141 cm³/mol. The molecule has 0 spiro atoms. The first kappa shape index (κ1) is 30.0. The third kappa shape index (κ3) is 9.34. The molecule has 2 aromatic rings. The van der Waals surface area contributed by atoms with Gasteiger partial charge in [0.2, 0.25) is 0 Å². The van der Waals surface area contributed by atoms with Crippen molar-refractivity contribution in [2.45, 2.75) is 27.1 Å². The van der Waals surface area contributed by atoms with E-state index in [4.69, 9.17) is 23.7 Å². The minimum atomic E-state index is -1.12. The van der Waals surface area contributed by atoms with Crippen LogP contribution >= 0.6 is 0 Å². The molecule has 9 heteroatoms. The summed E-state index contributed by atoms with van der Waals surface area (Å²) in [5.41, 5.74) is 2.57. The molecule has 1 unspecified atom stereocenters. The Balaban J connectivity index is 2.18. The zero-order chi connectivity index (χ0) is 28.2. The van der Waals surface area contributed by atoms with E-state index < -0.39 is 24.2 Å². The van der Waals surface area contributed by atoms with Crippen molar-refractivity contribution >= 4 is 17.9 Å². The van der Waals surface area contributed by atoms with Gasteiger partial charge in [0.15, 0.2) is 6.29 Å². The van der Waals surface area contributed by atoms with Gasteiger partial charge >= 0.3 is 17.9 Å². The van der Waals surface area contributed by atoms with Crippen LogP contribution in [0.5, 0.6) is 11.5 Å². The van der Waals surface area contributed by atoms with Gasteiger partial charge in [0.1, 0.15) is 31.3 Å². The van der Waals surface area contributed by atoms with Crippen molar-refractivity contribution in [1.29, 1.82) is 0 Å². The summed E-state index contributed by atoms with van der Waals surface area (Å²) < 4.78 is 26.5. The fourth-order valence-corrected chi connectivity index (χ4v) is 2.83. The highest BCUT2D eigenvalue weighted by atomic mass is 16.6. The number of hydrogen-bond donors (Lipinski definition) is 1. The van der Waals surface area contributed by atoms with E-state index in [0.717, 1.165) is 5.56 Å². The molecule has 0 aromatic heterocycles. The van der Waals surface area contributed by atoms with Crippen LogP contribution in [0.25, 0.3) is 11.1 Å². The highest BCUT2D eigenvalue weighted by molar-refractivity contribution is 5.91. The number of carbonyl (C=O) groups excluding carboxylic acids is 3. The molecule has 38 heavy (non-hydrogen) atoms. The average molecular weight is 525 g/mol. The SMILES string of the molecule is C=C(C)C(=O)OCCOC(=O)c1ccc(-c2ccc(OC(=O)C(=C)C)cc2)c(OCCOC(O)C(=C)C)c1. The van der Waals surface area contributed by atoms with Gasteiger partial charge in [-0.1, -0.05) is 31.9 Å². The van der Waals surface area contributed by atoms with E-state index in [1.165, 1.54) is 13.0 Å². The van der Waals surface area contributed by atoms with Crippen LogP contribution in [0.15, 0.2) is 78.9 Å². The van der Waals surface area contributed by atoms with Crippen LogP contribution in [0.2, 0.25) is 0 Å². The second kappa shape index (κ2) is 14.5. The topological polar surface area (TPSA) is 118 Å². The summed E-state index contributed by atoms with van der Waals surface area (Å²) in [6, 6.07) is 11.5. The number of benzene rings is 2. The van der Waals surface area contributed by atoms with Crippen LogP contribution in [0.3, 0.4) is 0 Å². The maximum atomic E-state index is 12.6. The van der Waals surface area contributed by atoms with Crippen LogP contribution in [-0.4, -0.2) is 55.7 Å². The highest BCUT2D eigenvalue weighted by Crippen LogP contribution is 2.32. The quantitative estimate of drug-likeness (QED) is 0.0958. The van der Waals surface area contributed by atoms with Gasteiger partial charge in [-0.15, -0.1) is 0 Å². The second-order valence-electron chi connectivity index (χ2n) is 8.38. The minimum Gasteiger partial charge on any atom is -0.491 e. The summed E-state index contributed by atoms with van der Waals surface area (Å²) in [4.78, 5) is 35.8. The first-order chi connectivity index (χ1) is 18.0. The molecule has 202 valence electrons. The Morgan fingerprint density at radius 2 is 1.45 bits per heavy atom. The molecule has 0 aliphatic carbocycles. The number of carbonyl (C=O) groups is 3. The fraction of sp³-hybridized carbons (Fsp3) is 0.276. The summed E-state index contributed by atoms with van der Waals surface area (Å²) in [7, 11) is 0. The molecule has 0 fully saturated rings. The number of esters is 3. The lowest BCUT2D eigenvalue weighted by Crippen LogP contribution is -2.17. The molecule has 1 N–H and O–H groups in total. The van der Waals surface area contributed by atoms with Crippen molar-refractivity contribution in [1.82, 2.24) is 0 Å². The Morgan fingerprint density at radius 3 is 2.05 bits per heavy atom. The van der Waals surface area contributed by atoms with E-state index in [1.807, 2.05) is 0 Å². The molecule has 0 aliphatic heterocycles. The molecule has 0 radical (unpaired) electrons. The van der Waals surface area contributed by atoms with E-state index in [9.17, 15) is 19.5 Å². The Kier molecular flexibility index (Phi) is 11.5. The van der Waals surface area contributed by atoms with Crippen molar-refractivity contribution in [2.24, 2.45) is 0 Å². The third-order valence-corrected chi connectivity index (χ3v) is 4.88. The average Bonchev–Trinajstić information content (AvgIpc) is 2.88. The molecule has 0 amide bonds. The summed E-state index contributed by atoms with van der Waals surface area (Å²) in [5, 5.41) is 9.75. The van der Waals surface area contributed by atoms with Gasteiger partial charge in [0.25, 0.3) is 0 Å². The Bertz CT molecular complexity index is 1200. The molecule has 2 rings (SSSR count). The van der Waals surface area contributed by atoms with E-state index in [1.54, 1.807) is 50.2 Å². The van der Waals surface area contributed by atoms with Crippen molar-refractivity contribution in [3.8, 4) is 22.6 Å². The molecule has 0 bridgehead atoms. The minimum absolute atomic E-state index is 0.0615. The zero-order valence-electron chi connectivity index (χ0n) is 21.8. The van der Waals surface area contributed by atoms with Gasteiger partial charge in [-0.25, -0.2) is 14.4 Å². The molecule has 0 aliphatic rings. The smallest absolute Gasteiger partial charge is 0.338 e. The molecular weight excluding hydrogens is 492 g/mol. The summed E-state index contributed by atoms with van der Waals surface area (Å²) >= 11 is 0. The van der Waals surface area contributed by atoms with E-state index >= 15 is 0 Å². The van der Waals surface area contributed by atoms with Crippen LogP contribution in [0.4, 0.5) is 0 Å². The van der Waals surface area contributed by atoms with Gasteiger partial charge in [-0.3, -0.25) is 0 Å². The van der Waals surface area contributed by atoms with Crippen LogP contribution < -0.4 is 9.47 Å². The number of hydrogen-bond acceptors (Lipinski definition) is 9. The van der Waals surface area contributed by atoms with Gasteiger partial charge in [-0.2, -0.15) is 0 Å². The second-order valence-corrected chi connectivity index (χ2v) is 8.38. The monoisotopic (exact) mass is 524 g/mol.